The summed E-state index contributed by atoms with van der Waals surface area (Å²) in [5.41, 5.74) is 6.65. The van der Waals surface area contributed by atoms with Crippen LogP contribution in [0.25, 0.3) is 11.0 Å². The molecule has 2 aromatic heterocycles. The fourth-order valence-electron chi connectivity index (χ4n) is 2.68. The van der Waals surface area contributed by atoms with Gasteiger partial charge in [0, 0.05) is 16.2 Å². The molecule has 3 rings (SSSR count). The number of aromatic nitrogens is 3. The van der Waals surface area contributed by atoms with Crippen LogP contribution in [0.2, 0.25) is 0 Å². The summed E-state index contributed by atoms with van der Waals surface area (Å²) in [6, 6.07) is 0. The molecule has 1 aliphatic heterocycles. The second kappa shape index (κ2) is 6.49. The molecule has 22 heavy (non-hydrogen) atoms. The number of halogens is 1. The largest absolute Gasteiger partial charge is 0.394 e. The van der Waals surface area contributed by atoms with Crippen LogP contribution in [0, 0.1) is 3.57 Å². The van der Waals surface area contributed by atoms with Gasteiger partial charge in [0.05, 0.1) is 24.7 Å². The van der Waals surface area contributed by atoms with E-state index < -0.39 is 0 Å². The summed E-state index contributed by atoms with van der Waals surface area (Å²) >= 11 is 2.20. The number of rotatable bonds is 5. The Morgan fingerprint density at radius 1 is 1.59 bits per heavy atom. The van der Waals surface area contributed by atoms with Crippen LogP contribution in [0.5, 0.6) is 0 Å². The molecule has 1 aliphatic rings. The fraction of sp³-hybridized carbons (Fsp3) is 0.429. The van der Waals surface area contributed by atoms with Crippen LogP contribution >= 0.6 is 22.6 Å². The zero-order valence-corrected chi connectivity index (χ0v) is 14.0. The first kappa shape index (κ1) is 15.7. The minimum Gasteiger partial charge on any atom is -0.394 e. The second-order valence-corrected chi connectivity index (χ2v) is 6.21. The van der Waals surface area contributed by atoms with Crippen molar-refractivity contribution >= 4 is 39.4 Å². The molecule has 0 aliphatic carbocycles. The monoisotopic (exact) mass is 416 g/mol. The van der Waals surface area contributed by atoms with Crippen LogP contribution in [0.15, 0.2) is 25.2 Å². The van der Waals surface area contributed by atoms with Crippen molar-refractivity contribution in [2.24, 2.45) is 0 Å². The van der Waals surface area contributed by atoms with Crippen LogP contribution < -0.4 is 5.73 Å². The molecule has 3 N–H and O–H groups in total. The van der Waals surface area contributed by atoms with Gasteiger partial charge in [-0.1, -0.05) is 6.08 Å². The highest BCUT2D eigenvalue weighted by atomic mass is 127. The van der Waals surface area contributed by atoms with E-state index in [1.807, 2.05) is 10.8 Å². The summed E-state index contributed by atoms with van der Waals surface area (Å²) in [5.74, 6) is 0.448. The molecule has 7 nitrogen and oxygen atoms in total. The van der Waals surface area contributed by atoms with Gasteiger partial charge in [0.2, 0.25) is 0 Å². The average Bonchev–Trinajstić information content (AvgIpc) is 3.07. The fourth-order valence-corrected chi connectivity index (χ4v) is 3.50. The SMILES string of the molecule is C=CCOC1C[C@H](n2cc(I)c3c(N)ncnc32)O[C@@H]1CO. The molecule has 0 aromatic carbocycles. The van der Waals surface area contributed by atoms with Crippen molar-refractivity contribution in [1.82, 2.24) is 14.5 Å². The van der Waals surface area contributed by atoms with E-state index >= 15 is 0 Å². The number of aliphatic hydroxyl groups is 1. The van der Waals surface area contributed by atoms with Gasteiger partial charge < -0.3 is 24.9 Å². The number of nitrogens with two attached hydrogens (primary N) is 1. The van der Waals surface area contributed by atoms with Crippen LogP contribution in [0.3, 0.4) is 0 Å². The molecule has 3 heterocycles. The number of ether oxygens (including phenoxy) is 2. The van der Waals surface area contributed by atoms with E-state index in [1.165, 1.54) is 6.33 Å². The number of hydrogen-bond acceptors (Lipinski definition) is 6. The molecule has 0 saturated carbocycles. The number of anilines is 1. The Balaban J connectivity index is 1.92. The predicted molar refractivity (Wildman–Crippen MR) is 90.2 cm³/mol. The lowest BCUT2D eigenvalue weighted by atomic mass is 10.2. The number of nitrogens with zero attached hydrogens (tertiary/aromatic N) is 3. The summed E-state index contributed by atoms with van der Waals surface area (Å²) in [4.78, 5) is 8.34. The lowest BCUT2D eigenvalue weighted by Gasteiger charge is -2.15. The van der Waals surface area contributed by atoms with Crippen molar-refractivity contribution in [1.29, 1.82) is 0 Å². The molecule has 8 heteroatoms. The van der Waals surface area contributed by atoms with Gasteiger partial charge in [-0.2, -0.15) is 0 Å². The van der Waals surface area contributed by atoms with Gasteiger partial charge >= 0.3 is 0 Å². The maximum absolute atomic E-state index is 9.48. The van der Waals surface area contributed by atoms with Crippen molar-refractivity contribution in [3.05, 3.63) is 28.7 Å². The van der Waals surface area contributed by atoms with E-state index in [4.69, 9.17) is 15.2 Å². The zero-order valence-electron chi connectivity index (χ0n) is 11.9. The van der Waals surface area contributed by atoms with Gasteiger partial charge in [0.1, 0.15) is 30.1 Å². The van der Waals surface area contributed by atoms with Gasteiger partial charge in [0.15, 0.2) is 0 Å². The zero-order chi connectivity index (χ0) is 15.7. The highest BCUT2D eigenvalue weighted by molar-refractivity contribution is 14.1. The Hall–Kier alpha value is -1.23. The molecule has 2 aromatic rings. The van der Waals surface area contributed by atoms with E-state index in [1.54, 1.807) is 6.08 Å². The lowest BCUT2D eigenvalue weighted by Crippen LogP contribution is -2.27. The van der Waals surface area contributed by atoms with Crippen molar-refractivity contribution in [3.63, 3.8) is 0 Å². The standard InChI is InChI=1S/C14H17IN4O3/c1-2-3-21-9-4-11(22-10(9)6-20)19-5-8(15)12-13(16)17-7-18-14(12)19/h2,5,7,9-11,20H,1,3-4,6H2,(H2,16,17,18)/t9?,10-,11-/m1/s1. The summed E-state index contributed by atoms with van der Waals surface area (Å²) in [5, 5.41) is 10.3. The van der Waals surface area contributed by atoms with Gasteiger partial charge in [-0.15, -0.1) is 6.58 Å². The van der Waals surface area contributed by atoms with Crippen LogP contribution in [0.4, 0.5) is 5.82 Å². The molecule has 3 atom stereocenters. The molecule has 0 spiro atoms. The van der Waals surface area contributed by atoms with Crippen LogP contribution in [0.1, 0.15) is 12.6 Å². The molecule has 0 radical (unpaired) electrons. The van der Waals surface area contributed by atoms with Gasteiger partial charge in [-0.25, -0.2) is 9.97 Å². The molecule has 1 fully saturated rings. The Bertz CT molecular complexity index is 690. The third-order valence-corrected chi connectivity index (χ3v) is 4.51. The quantitative estimate of drug-likeness (QED) is 0.566. The molecule has 1 unspecified atom stereocenters. The van der Waals surface area contributed by atoms with Crippen molar-refractivity contribution in [3.8, 4) is 0 Å². The minimum absolute atomic E-state index is 0.0915. The number of nitrogen functional groups attached to an aromatic ring is 1. The maximum atomic E-state index is 9.48. The number of aliphatic hydroxyl groups excluding tert-OH is 1. The first-order valence-electron chi connectivity index (χ1n) is 6.91. The minimum atomic E-state index is -0.362. The van der Waals surface area contributed by atoms with Crippen LogP contribution in [-0.4, -0.2) is 45.1 Å². The van der Waals surface area contributed by atoms with E-state index in [-0.39, 0.29) is 25.0 Å². The second-order valence-electron chi connectivity index (χ2n) is 5.05. The smallest absolute Gasteiger partial charge is 0.148 e. The molecule has 118 valence electrons. The Kier molecular flexibility index (Phi) is 4.62. The van der Waals surface area contributed by atoms with E-state index in [2.05, 4.69) is 39.1 Å². The predicted octanol–water partition coefficient (Wildman–Crippen LogP) is 1.47. The van der Waals surface area contributed by atoms with E-state index in [0.29, 0.717) is 18.8 Å². The Labute approximate surface area is 141 Å². The molecule has 1 saturated heterocycles. The number of fused-ring (bicyclic) bond motifs is 1. The van der Waals surface area contributed by atoms with Gasteiger partial charge in [-0.3, -0.25) is 0 Å². The van der Waals surface area contributed by atoms with E-state index in [9.17, 15) is 5.11 Å². The maximum Gasteiger partial charge on any atom is 0.148 e. The summed E-state index contributed by atoms with van der Waals surface area (Å²) in [7, 11) is 0. The van der Waals surface area contributed by atoms with Crippen molar-refractivity contribution in [2.75, 3.05) is 18.9 Å². The van der Waals surface area contributed by atoms with Gasteiger partial charge in [-0.05, 0) is 22.6 Å². The first-order valence-corrected chi connectivity index (χ1v) is 7.99. The summed E-state index contributed by atoms with van der Waals surface area (Å²) in [6.45, 7) is 3.97. The van der Waals surface area contributed by atoms with Crippen LogP contribution in [-0.2, 0) is 9.47 Å². The third-order valence-electron chi connectivity index (χ3n) is 3.69. The average molecular weight is 416 g/mol. The normalized spacial score (nSPS) is 24.9. The third kappa shape index (κ3) is 2.71. The Morgan fingerprint density at radius 3 is 3.14 bits per heavy atom. The van der Waals surface area contributed by atoms with Crippen molar-refractivity contribution in [2.45, 2.75) is 24.9 Å². The molecule has 0 bridgehead atoms. The van der Waals surface area contributed by atoms with Crippen molar-refractivity contribution < 1.29 is 14.6 Å². The first-order chi connectivity index (χ1) is 10.7. The topological polar surface area (TPSA) is 95.4 Å². The molecular formula is C14H17IN4O3. The highest BCUT2D eigenvalue weighted by Crippen LogP contribution is 2.35. The lowest BCUT2D eigenvalue weighted by molar-refractivity contribution is -0.0560. The highest BCUT2D eigenvalue weighted by Gasteiger charge is 2.37. The summed E-state index contributed by atoms with van der Waals surface area (Å²) < 4.78 is 14.5. The molecule has 0 amide bonds. The Morgan fingerprint density at radius 2 is 2.41 bits per heavy atom. The molecular weight excluding hydrogens is 399 g/mol. The number of hydrogen-bond donors (Lipinski definition) is 2. The summed E-state index contributed by atoms with van der Waals surface area (Å²) in [6.07, 6.45) is 4.89. The van der Waals surface area contributed by atoms with Gasteiger partial charge in [0.25, 0.3) is 0 Å². The van der Waals surface area contributed by atoms with E-state index in [0.717, 1.165) is 14.6 Å².